The maximum Gasteiger partial charge on any atom is 0.254 e. The maximum absolute atomic E-state index is 12.8. The van der Waals surface area contributed by atoms with Crippen LogP contribution in [0.3, 0.4) is 0 Å². The van der Waals surface area contributed by atoms with Crippen LogP contribution in [0.25, 0.3) is 0 Å². The lowest BCUT2D eigenvalue weighted by molar-refractivity contribution is 0.0510. The monoisotopic (exact) mass is 276 g/mol. The lowest BCUT2D eigenvalue weighted by Crippen LogP contribution is -2.47. The van der Waals surface area contributed by atoms with Crippen molar-refractivity contribution in [3.8, 4) is 0 Å². The van der Waals surface area contributed by atoms with E-state index in [1.165, 1.54) is 6.42 Å². The van der Waals surface area contributed by atoms with Crippen LogP contribution in [0.1, 0.15) is 56.1 Å². The van der Waals surface area contributed by atoms with E-state index in [2.05, 4.69) is 24.3 Å². The lowest BCUT2D eigenvalue weighted by Gasteiger charge is -2.39. The molecule has 2 heterocycles. The quantitative estimate of drug-likeness (QED) is 0.656. The number of hydrazine groups is 1. The third kappa shape index (κ3) is 2.93. The van der Waals surface area contributed by atoms with E-state index in [0.29, 0.717) is 23.5 Å². The van der Waals surface area contributed by atoms with Crippen LogP contribution in [-0.2, 0) is 6.42 Å². The first-order chi connectivity index (χ1) is 9.56. The van der Waals surface area contributed by atoms with Gasteiger partial charge in [-0.3, -0.25) is 4.79 Å². The Morgan fingerprint density at radius 2 is 2.05 bits per heavy atom. The van der Waals surface area contributed by atoms with E-state index in [0.717, 1.165) is 25.0 Å². The summed E-state index contributed by atoms with van der Waals surface area (Å²) in [6.07, 6.45) is 4.12. The van der Waals surface area contributed by atoms with E-state index in [-0.39, 0.29) is 5.91 Å². The minimum atomic E-state index is 0.0818. The summed E-state index contributed by atoms with van der Waals surface area (Å²) in [7, 11) is 0. The molecule has 1 aliphatic rings. The molecule has 1 amide bonds. The highest BCUT2D eigenvalue weighted by atomic mass is 16.2. The fourth-order valence-corrected chi connectivity index (χ4v) is 2.94. The lowest BCUT2D eigenvalue weighted by atomic mass is 9.96. The van der Waals surface area contributed by atoms with Crippen molar-refractivity contribution >= 4 is 11.7 Å². The molecule has 2 rings (SSSR count). The molecule has 1 aliphatic heterocycles. The molecule has 0 aliphatic carbocycles. The van der Waals surface area contributed by atoms with E-state index in [9.17, 15) is 4.79 Å². The highest BCUT2D eigenvalue weighted by molar-refractivity contribution is 5.95. The van der Waals surface area contributed by atoms with Gasteiger partial charge < -0.3 is 10.3 Å². The Balaban J connectivity index is 2.32. The van der Waals surface area contributed by atoms with Gasteiger partial charge in [-0.25, -0.2) is 10.8 Å². The molecule has 0 bridgehead atoms. The molecule has 0 spiro atoms. The maximum atomic E-state index is 12.8. The SMILES string of the molecule is CCc1cc(C(=O)N2C(C)CCCC2C)cc(NN)n1. The summed E-state index contributed by atoms with van der Waals surface area (Å²) >= 11 is 0. The number of carbonyl (C=O) groups excluding carboxylic acids is 1. The van der Waals surface area contributed by atoms with Crippen LogP contribution in [0.4, 0.5) is 5.82 Å². The number of amides is 1. The molecule has 110 valence electrons. The average Bonchev–Trinajstić information content (AvgIpc) is 2.46. The number of hydrogen-bond acceptors (Lipinski definition) is 4. The summed E-state index contributed by atoms with van der Waals surface area (Å²) in [6, 6.07) is 4.18. The summed E-state index contributed by atoms with van der Waals surface area (Å²) in [5, 5.41) is 0. The second-order valence-electron chi connectivity index (χ2n) is 5.57. The molecule has 0 radical (unpaired) electrons. The van der Waals surface area contributed by atoms with Crippen molar-refractivity contribution in [2.75, 3.05) is 5.43 Å². The zero-order valence-corrected chi connectivity index (χ0v) is 12.5. The molecule has 2 atom stereocenters. The number of aryl methyl sites for hydroxylation is 1. The summed E-state index contributed by atoms with van der Waals surface area (Å²) < 4.78 is 0. The van der Waals surface area contributed by atoms with Gasteiger partial charge in [-0.1, -0.05) is 6.92 Å². The van der Waals surface area contributed by atoms with Crippen molar-refractivity contribution in [3.63, 3.8) is 0 Å². The minimum absolute atomic E-state index is 0.0818. The number of likely N-dealkylation sites (tertiary alicyclic amines) is 1. The highest BCUT2D eigenvalue weighted by Crippen LogP contribution is 2.25. The number of nitrogens with two attached hydrogens (primary N) is 1. The van der Waals surface area contributed by atoms with Crippen LogP contribution in [0, 0.1) is 0 Å². The van der Waals surface area contributed by atoms with E-state index in [4.69, 9.17) is 5.84 Å². The first-order valence-electron chi connectivity index (χ1n) is 7.37. The topological polar surface area (TPSA) is 71.2 Å². The molecule has 1 saturated heterocycles. The minimum Gasteiger partial charge on any atom is -0.333 e. The predicted molar refractivity (Wildman–Crippen MR) is 80.4 cm³/mol. The van der Waals surface area contributed by atoms with Gasteiger partial charge in [0.25, 0.3) is 5.91 Å². The molecule has 2 unspecified atom stereocenters. The van der Waals surface area contributed by atoms with E-state index < -0.39 is 0 Å². The fraction of sp³-hybridized carbons (Fsp3) is 0.600. The highest BCUT2D eigenvalue weighted by Gasteiger charge is 2.29. The number of hydrogen-bond donors (Lipinski definition) is 2. The van der Waals surface area contributed by atoms with Gasteiger partial charge in [-0.15, -0.1) is 0 Å². The Hall–Kier alpha value is -1.62. The van der Waals surface area contributed by atoms with Crippen LogP contribution in [0.15, 0.2) is 12.1 Å². The molecule has 1 fully saturated rings. The summed E-state index contributed by atoms with van der Waals surface area (Å²) in [5.41, 5.74) is 4.09. The van der Waals surface area contributed by atoms with E-state index in [1.807, 2.05) is 17.9 Å². The molecule has 20 heavy (non-hydrogen) atoms. The first kappa shape index (κ1) is 14.8. The second-order valence-corrected chi connectivity index (χ2v) is 5.57. The predicted octanol–water partition coefficient (Wildman–Crippen LogP) is 2.33. The van der Waals surface area contributed by atoms with Crippen LogP contribution < -0.4 is 11.3 Å². The average molecular weight is 276 g/mol. The third-order valence-corrected chi connectivity index (χ3v) is 4.06. The van der Waals surface area contributed by atoms with Crippen molar-refractivity contribution in [1.29, 1.82) is 0 Å². The third-order valence-electron chi connectivity index (χ3n) is 4.06. The molecule has 3 N–H and O–H groups in total. The molecule has 5 nitrogen and oxygen atoms in total. The van der Waals surface area contributed by atoms with Gasteiger partial charge in [0.2, 0.25) is 0 Å². The van der Waals surface area contributed by atoms with Crippen molar-refractivity contribution in [1.82, 2.24) is 9.88 Å². The molecule has 1 aromatic heterocycles. The standard InChI is InChI=1S/C15H24N4O/c1-4-13-8-12(9-14(17-13)18-16)15(20)19-10(2)6-5-7-11(19)3/h8-11H,4-7,16H2,1-3H3,(H,17,18). The number of anilines is 1. The number of nitrogens with zero attached hydrogens (tertiary/aromatic N) is 2. The summed E-state index contributed by atoms with van der Waals surface area (Å²) in [4.78, 5) is 19.1. The molecular weight excluding hydrogens is 252 g/mol. The van der Waals surface area contributed by atoms with Gasteiger partial charge in [0.05, 0.1) is 0 Å². The van der Waals surface area contributed by atoms with Crippen molar-refractivity contribution < 1.29 is 4.79 Å². The summed E-state index contributed by atoms with van der Waals surface area (Å²) in [5.74, 6) is 6.07. The zero-order valence-electron chi connectivity index (χ0n) is 12.5. The van der Waals surface area contributed by atoms with Gasteiger partial charge >= 0.3 is 0 Å². The Bertz CT molecular complexity index is 457. The smallest absolute Gasteiger partial charge is 0.254 e. The first-order valence-corrected chi connectivity index (χ1v) is 7.37. The Kier molecular flexibility index (Phi) is 4.60. The van der Waals surface area contributed by atoms with Crippen molar-refractivity contribution in [3.05, 3.63) is 23.4 Å². The van der Waals surface area contributed by atoms with Crippen LogP contribution in [0.5, 0.6) is 0 Å². The van der Waals surface area contributed by atoms with Gasteiger partial charge in [-0.05, 0) is 51.7 Å². The van der Waals surface area contributed by atoms with E-state index in [1.54, 1.807) is 6.07 Å². The van der Waals surface area contributed by atoms with Crippen LogP contribution in [0.2, 0.25) is 0 Å². The molecule has 1 aromatic rings. The Morgan fingerprint density at radius 3 is 2.60 bits per heavy atom. The Morgan fingerprint density at radius 1 is 1.40 bits per heavy atom. The van der Waals surface area contributed by atoms with E-state index >= 15 is 0 Å². The van der Waals surface area contributed by atoms with Crippen molar-refractivity contribution in [2.45, 2.75) is 58.5 Å². The van der Waals surface area contributed by atoms with Crippen LogP contribution >= 0.6 is 0 Å². The number of carbonyl (C=O) groups is 1. The largest absolute Gasteiger partial charge is 0.333 e. The molecular formula is C15H24N4O. The molecule has 0 saturated carbocycles. The molecule has 0 aromatic carbocycles. The Labute approximate surface area is 120 Å². The van der Waals surface area contributed by atoms with Crippen molar-refractivity contribution in [2.24, 2.45) is 5.84 Å². The number of nitrogen functional groups attached to an aromatic ring is 1. The van der Waals surface area contributed by atoms with Gasteiger partial charge in [0, 0.05) is 23.3 Å². The number of piperidine rings is 1. The van der Waals surface area contributed by atoms with Gasteiger partial charge in [0.1, 0.15) is 5.82 Å². The normalized spacial score (nSPS) is 22.7. The number of aromatic nitrogens is 1. The zero-order chi connectivity index (χ0) is 14.7. The number of nitrogens with one attached hydrogen (secondary N) is 1. The fourth-order valence-electron chi connectivity index (χ4n) is 2.94. The number of pyridine rings is 1. The second kappa shape index (κ2) is 6.22. The summed E-state index contributed by atoms with van der Waals surface area (Å²) in [6.45, 7) is 6.26. The van der Waals surface area contributed by atoms with Crippen LogP contribution in [-0.4, -0.2) is 27.9 Å². The molecule has 5 heteroatoms. The van der Waals surface area contributed by atoms with Gasteiger partial charge in [0.15, 0.2) is 0 Å². The number of rotatable bonds is 3. The van der Waals surface area contributed by atoms with Gasteiger partial charge in [-0.2, -0.15) is 0 Å².